The topological polar surface area (TPSA) is 24.5 Å². The highest BCUT2D eigenvalue weighted by atomic mass is 35.5. The van der Waals surface area contributed by atoms with Gasteiger partial charge in [0, 0.05) is 36.1 Å². The van der Waals surface area contributed by atoms with Crippen LogP contribution in [0.3, 0.4) is 0 Å². The van der Waals surface area contributed by atoms with Crippen LogP contribution in [0.4, 0.5) is 0 Å². The minimum atomic E-state index is -0.00124. The standard InChI is InChI=1S/C17H25ClN2O/c1-3-8-19-15-12-17(6-9-20(2)10-7-17)21-16-5-4-13(18)11-14(15)16/h4-5,11,15,19H,3,6-10,12H2,1-2H3. The number of rotatable bonds is 3. The van der Waals surface area contributed by atoms with E-state index in [9.17, 15) is 0 Å². The SMILES string of the molecule is CCCNC1CC2(CCN(C)CC2)Oc2ccc(Cl)cc21. The molecule has 3 nitrogen and oxygen atoms in total. The summed E-state index contributed by atoms with van der Waals surface area (Å²) in [5.74, 6) is 1.02. The van der Waals surface area contributed by atoms with Crippen molar-refractivity contribution in [1.82, 2.24) is 10.2 Å². The van der Waals surface area contributed by atoms with Gasteiger partial charge in [0.25, 0.3) is 0 Å². The fourth-order valence-electron chi connectivity index (χ4n) is 3.47. The zero-order valence-electron chi connectivity index (χ0n) is 13.0. The molecule has 2 aliphatic heterocycles. The lowest BCUT2D eigenvalue weighted by molar-refractivity contribution is -0.0202. The number of ether oxygens (including phenoxy) is 1. The molecular weight excluding hydrogens is 284 g/mol. The van der Waals surface area contributed by atoms with Gasteiger partial charge < -0.3 is 15.0 Å². The molecule has 2 heterocycles. The van der Waals surface area contributed by atoms with Gasteiger partial charge in [-0.05, 0) is 51.1 Å². The Balaban J connectivity index is 1.87. The maximum atomic E-state index is 6.45. The Kier molecular flexibility index (Phi) is 4.43. The molecule has 0 saturated carbocycles. The van der Waals surface area contributed by atoms with Gasteiger partial charge in [0.15, 0.2) is 0 Å². The Hall–Kier alpha value is -0.770. The Morgan fingerprint density at radius 1 is 1.38 bits per heavy atom. The zero-order valence-corrected chi connectivity index (χ0v) is 13.7. The van der Waals surface area contributed by atoms with E-state index in [-0.39, 0.29) is 5.60 Å². The molecular formula is C17H25ClN2O. The highest BCUT2D eigenvalue weighted by molar-refractivity contribution is 6.30. The van der Waals surface area contributed by atoms with Gasteiger partial charge in [-0.1, -0.05) is 18.5 Å². The van der Waals surface area contributed by atoms with Crippen LogP contribution in [0, 0.1) is 0 Å². The van der Waals surface area contributed by atoms with E-state index in [4.69, 9.17) is 16.3 Å². The van der Waals surface area contributed by atoms with Crippen molar-refractivity contribution in [3.8, 4) is 5.75 Å². The molecule has 2 aliphatic rings. The summed E-state index contributed by atoms with van der Waals surface area (Å²) in [6.07, 6.45) is 4.41. The molecule has 4 heteroatoms. The number of likely N-dealkylation sites (tertiary alicyclic amines) is 1. The lowest BCUT2D eigenvalue weighted by Crippen LogP contribution is -2.51. The highest BCUT2D eigenvalue weighted by Crippen LogP contribution is 2.44. The molecule has 21 heavy (non-hydrogen) atoms. The molecule has 3 rings (SSSR count). The van der Waals surface area contributed by atoms with Crippen LogP contribution in [0.2, 0.25) is 5.02 Å². The molecule has 0 aromatic heterocycles. The average molecular weight is 309 g/mol. The summed E-state index contributed by atoms with van der Waals surface area (Å²) in [6, 6.07) is 6.39. The molecule has 1 aromatic rings. The van der Waals surface area contributed by atoms with E-state index in [1.807, 2.05) is 12.1 Å². The van der Waals surface area contributed by atoms with Crippen LogP contribution in [0.25, 0.3) is 0 Å². The average Bonchev–Trinajstić information content (AvgIpc) is 2.49. The third kappa shape index (κ3) is 3.20. The number of piperidine rings is 1. The molecule has 0 aliphatic carbocycles. The van der Waals surface area contributed by atoms with Crippen LogP contribution in [-0.2, 0) is 0 Å². The van der Waals surface area contributed by atoms with E-state index >= 15 is 0 Å². The molecule has 1 aromatic carbocycles. The van der Waals surface area contributed by atoms with Gasteiger partial charge in [0.2, 0.25) is 0 Å². The van der Waals surface area contributed by atoms with Gasteiger partial charge in [0.05, 0.1) is 0 Å². The summed E-state index contributed by atoms with van der Waals surface area (Å²) in [5.41, 5.74) is 1.22. The maximum absolute atomic E-state index is 6.45. The molecule has 1 N–H and O–H groups in total. The van der Waals surface area contributed by atoms with Gasteiger partial charge in [0.1, 0.15) is 11.4 Å². The van der Waals surface area contributed by atoms with E-state index in [0.717, 1.165) is 56.1 Å². The quantitative estimate of drug-likeness (QED) is 0.923. The normalized spacial score (nSPS) is 24.6. The van der Waals surface area contributed by atoms with Gasteiger partial charge >= 0.3 is 0 Å². The molecule has 1 saturated heterocycles. The first-order valence-electron chi connectivity index (χ1n) is 8.02. The van der Waals surface area contributed by atoms with E-state index in [1.54, 1.807) is 0 Å². The number of hydrogen-bond acceptors (Lipinski definition) is 3. The summed E-state index contributed by atoms with van der Waals surface area (Å²) in [7, 11) is 2.19. The van der Waals surface area contributed by atoms with Gasteiger partial charge in [-0.3, -0.25) is 0 Å². The molecule has 1 atom stereocenters. The molecule has 0 bridgehead atoms. The van der Waals surface area contributed by atoms with Gasteiger partial charge in [-0.2, -0.15) is 0 Å². The molecule has 1 spiro atoms. The number of benzene rings is 1. The second-order valence-corrected chi connectivity index (χ2v) is 6.92. The lowest BCUT2D eigenvalue weighted by Gasteiger charge is -2.46. The van der Waals surface area contributed by atoms with Crippen LogP contribution < -0.4 is 10.1 Å². The molecule has 1 unspecified atom stereocenters. The summed E-state index contributed by atoms with van der Waals surface area (Å²) in [5, 5.41) is 4.48. The van der Waals surface area contributed by atoms with Gasteiger partial charge in [-0.25, -0.2) is 0 Å². The predicted molar refractivity (Wildman–Crippen MR) is 87.2 cm³/mol. The lowest BCUT2D eigenvalue weighted by atomic mass is 9.80. The fourth-order valence-corrected chi connectivity index (χ4v) is 3.65. The molecule has 0 radical (unpaired) electrons. The van der Waals surface area contributed by atoms with Crippen LogP contribution >= 0.6 is 11.6 Å². The number of nitrogens with one attached hydrogen (secondary N) is 1. The monoisotopic (exact) mass is 308 g/mol. The summed E-state index contributed by atoms with van der Waals surface area (Å²) < 4.78 is 6.45. The fraction of sp³-hybridized carbons (Fsp3) is 0.647. The van der Waals surface area contributed by atoms with E-state index < -0.39 is 0 Å². The third-order valence-electron chi connectivity index (χ3n) is 4.79. The summed E-state index contributed by atoms with van der Waals surface area (Å²) in [6.45, 7) is 5.47. The first-order valence-corrected chi connectivity index (χ1v) is 8.40. The second kappa shape index (κ2) is 6.15. The number of nitrogens with zero attached hydrogens (tertiary/aromatic N) is 1. The predicted octanol–water partition coefficient (Wildman–Crippen LogP) is 3.63. The zero-order chi connectivity index (χ0) is 14.9. The van der Waals surface area contributed by atoms with Crippen molar-refractivity contribution in [2.75, 3.05) is 26.7 Å². The van der Waals surface area contributed by atoms with Crippen molar-refractivity contribution < 1.29 is 4.74 Å². The Morgan fingerprint density at radius 3 is 2.86 bits per heavy atom. The molecule has 0 amide bonds. The Bertz CT molecular complexity index is 498. The Morgan fingerprint density at radius 2 is 2.14 bits per heavy atom. The Labute approximate surface area is 132 Å². The summed E-state index contributed by atoms with van der Waals surface area (Å²) in [4.78, 5) is 2.39. The van der Waals surface area contributed by atoms with E-state index in [1.165, 1.54) is 5.56 Å². The van der Waals surface area contributed by atoms with Crippen LogP contribution in [0.15, 0.2) is 18.2 Å². The smallest absolute Gasteiger partial charge is 0.125 e. The number of fused-ring (bicyclic) bond motifs is 1. The van der Waals surface area contributed by atoms with Crippen molar-refractivity contribution in [2.24, 2.45) is 0 Å². The minimum Gasteiger partial charge on any atom is -0.487 e. The van der Waals surface area contributed by atoms with Crippen molar-refractivity contribution in [3.05, 3.63) is 28.8 Å². The highest BCUT2D eigenvalue weighted by Gasteiger charge is 2.42. The van der Waals surface area contributed by atoms with Crippen molar-refractivity contribution in [1.29, 1.82) is 0 Å². The second-order valence-electron chi connectivity index (χ2n) is 6.48. The summed E-state index contributed by atoms with van der Waals surface area (Å²) >= 11 is 6.18. The van der Waals surface area contributed by atoms with E-state index in [2.05, 4.69) is 30.3 Å². The van der Waals surface area contributed by atoms with Crippen LogP contribution in [0.5, 0.6) is 5.75 Å². The van der Waals surface area contributed by atoms with Crippen molar-refractivity contribution in [2.45, 2.75) is 44.2 Å². The maximum Gasteiger partial charge on any atom is 0.125 e. The molecule has 116 valence electrons. The van der Waals surface area contributed by atoms with Gasteiger partial charge in [-0.15, -0.1) is 0 Å². The number of halogens is 1. The van der Waals surface area contributed by atoms with Crippen LogP contribution in [0.1, 0.15) is 44.2 Å². The largest absolute Gasteiger partial charge is 0.487 e. The first-order chi connectivity index (χ1) is 10.1. The minimum absolute atomic E-state index is 0.00124. The number of hydrogen-bond donors (Lipinski definition) is 1. The van der Waals surface area contributed by atoms with Crippen molar-refractivity contribution in [3.63, 3.8) is 0 Å². The molecule has 1 fully saturated rings. The van der Waals surface area contributed by atoms with Crippen LogP contribution in [-0.4, -0.2) is 37.2 Å². The first kappa shape index (κ1) is 15.1. The van der Waals surface area contributed by atoms with Crippen molar-refractivity contribution >= 4 is 11.6 Å². The van der Waals surface area contributed by atoms with E-state index in [0.29, 0.717) is 6.04 Å². The third-order valence-corrected chi connectivity index (χ3v) is 5.02.